The standard InChI is InChI=1S/C25H34N4O6/c1-5-11-28(25(34)35-16-19-9-7-6-8-10-19)13-22(31)26-20-12-18(4)29(24(20)33)14-23(32)27-21(15-30)17(2)3/h6-10,15,18,20H,5,11-14,16H2,1-4H3,(H,26,31)(H,27,32)/t18?,20-/m0/s1. The summed E-state index contributed by atoms with van der Waals surface area (Å²) in [5.74, 6) is -1.37. The smallest absolute Gasteiger partial charge is 0.410 e. The zero-order chi connectivity index (χ0) is 26.0. The van der Waals surface area contributed by atoms with Crippen LogP contribution in [0.1, 0.15) is 46.1 Å². The number of hydrogen-bond donors (Lipinski definition) is 2. The molecule has 0 saturated carbocycles. The molecule has 35 heavy (non-hydrogen) atoms. The number of rotatable bonds is 11. The number of carbonyl (C=O) groups is 5. The number of aldehydes is 1. The topological polar surface area (TPSA) is 125 Å². The molecule has 1 saturated heterocycles. The van der Waals surface area contributed by atoms with Crippen LogP contribution >= 0.6 is 0 Å². The van der Waals surface area contributed by atoms with Crippen LogP contribution in [-0.4, -0.2) is 71.6 Å². The summed E-state index contributed by atoms with van der Waals surface area (Å²) in [6.45, 7) is 6.99. The largest absolute Gasteiger partial charge is 0.445 e. The molecule has 2 atom stereocenters. The Labute approximate surface area is 205 Å². The van der Waals surface area contributed by atoms with Crippen molar-refractivity contribution in [3.05, 3.63) is 47.2 Å². The monoisotopic (exact) mass is 486 g/mol. The maximum atomic E-state index is 12.8. The van der Waals surface area contributed by atoms with Crippen LogP contribution in [0.3, 0.4) is 0 Å². The fourth-order valence-electron chi connectivity index (χ4n) is 3.69. The molecule has 1 fully saturated rings. The van der Waals surface area contributed by atoms with E-state index in [1.54, 1.807) is 20.8 Å². The van der Waals surface area contributed by atoms with Crippen LogP contribution in [-0.2, 0) is 30.5 Å². The zero-order valence-electron chi connectivity index (χ0n) is 20.7. The number of nitrogens with one attached hydrogen (secondary N) is 2. The van der Waals surface area contributed by atoms with Gasteiger partial charge < -0.3 is 20.3 Å². The van der Waals surface area contributed by atoms with E-state index >= 15 is 0 Å². The van der Waals surface area contributed by atoms with Crippen molar-refractivity contribution in [2.45, 2.75) is 59.2 Å². The molecule has 0 aliphatic carbocycles. The zero-order valence-corrected chi connectivity index (χ0v) is 20.7. The van der Waals surface area contributed by atoms with Gasteiger partial charge in [-0.1, -0.05) is 37.3 Å². The van der Waals surface area contributed by atoms with Crippen molar-refractivity contribution in [3.63, 3.8) is 0 Å². The van der Waals surface area contributed by atoms with Crippen LogP contribution in [0.2, 0.25) is 0 Å². The molecule has 0 aromatic heterocycles. The van der Waals surface area contributed by atoms with E-state index in [0.717, 1.165) is 5.56 Å². The maximum Gasteiger partial charge on any atom is 0.410 e. The molecule has 1 aliphatic rings. The van der Waals surface area contributed by atoms with E-state index in [4.69, 9.17) is 4.74 Å². The minimum Gasteiger partial charge on any atom is -0.445 e. The Hall–Kier alpha value is -3.69. The van der Waals surface area contributed by atoms with Gasteiger partial charge in [0, 0.05) is 12.6 Å². The van der Waals surface area contributed by atoms with Crippen LogP contribution in [0.15, 0.2) is 41.6 Å². The summed E-state index contributed by atoms with van der Waals surface area (Å²) in [4.78, 5) is 64.0. The molecule has 2 rings (SSSR count). The van der Waals surface area contributed by atoms with Crippen LogP contribution < -0.4 is 10.6 Å². The first-order valence-corrected chi connectivity index (χ1v) is 11.6. The molecule has 10 heteroatoms. The lowest BCUT2D eigenvalue weighted by molar-refractivity contribution is -0.136. The summed E-state index contributed by atoms with van der Waals surface area (Å²) < 4.78 is 5.33. The van der Waals surface area contributed by atoms with Gasteiger partial charge in [-0.2, -0.15) is 0 Å². The number of ether oxygens (including phenoxy) is 1. The van der Waals surface area contributed by atoms with Crippen molar-refractivity contribution in [1.29, 1.82) is 0 Å². The molecule has 0 bridgehead atoms. The summed E-state index contributed by atoms with van der Waals surface area (Å²) in [6.07, 6.45) is 0.899. The first kappa shape index (κ1) is 27.6. The van der Waals surface area contributed by atoms with E-state index < -0.39 is 23.9 Å². The van der Waals surface area contributed by atoms with Crippen LogP contribution in [0.4, 0.5) is 4.79 Å². The van der Waals surface area contributed by atoms with Gasteiger partial charge in [0.25, 0.3) is 0 Å². The lowest BCUT2D eigenvalue weighted by atomic mass is 10.2. The van der Waals surface area contributed by atoms with E-state index in [1.165, 1.54) is 9.80 Å². The average molecular weight is 487 g/mol. The molecule has 4 amide bonds. The molecule has 0 spiro atoms. The molecule has 1 unspecified atom stereocenters. The third kappa shape index (κ3) is 8.24. The van der Waals surface area contributed by atoms with Crippen LogP contribution in [0.25, 0.3) is 0 Å². The fourth-order valence-corrected chi connectivity index (χ4v) is 3.69. The normalized spacial score (nSPS) is 16.9. The van der Waals surface area contributed by atoms with Gasteiger partial charge in [-0.05, 0) is 44.7 Å². The molecule has 1 aromatic rings. The Kier molecular flexibility index (Phi) is 10.4. The second kappa shape index (κ2) is 13.3. The Morgan fingerprint density at radius 3 is 2.46 bits per heavy atom. The van der Waals surface area contributed by atoms with Crippen molar-refractivity contribution in [1.82, 2.24) is 20.4 Å². The predicted octanol–water partition coefficient (Wildman–Crippen LogP) is 1.75. The molecule has 2 N–H and O–H groups in total. The van der Waals surface area contributed by atoms with Gasteiger partial charge in [-0.15, -0.1) is 0 Å². The highest BCUT2D eigenvalue weighted by Gasteiger charge is 2.39. The predicted molar refractivity (Wildman–Crippen MR) is 129 cm³/mol. The number of likely N-dealkylation sites (tertiary alicyclic amines) is 1. The van der Waals surface area contributed by atoms with Crippen LogP contribution in [0, 0.1) is 0 Å². The minimum atomic E-state index is -0.803. The van der Waals surface area contributed by atoms with Crippen LogP contribution in [0.5, 0.6) is 0 Å². The minimum absolute atomic E-state index is 0.0930. The Morgan fingerprint density at radius 1 is 1.17 bits per heavy atom. The molecule has 1 aliphatic heterocycles. The van der Waals surface area contributed by atoms with E-state index in [-0.39, 0.29) is 37.3 Å². The van der Waals surface area contributed by atoms with E-state index in [9.17, 15) is 24.0 Å². The number of benzene rings is 1. The first-order chi connectivity index (χ1) is 16.7. The molecule has 10 nitrogen and oxygen atoms in total. The van der Waals surface area contributed by atoms with Gasteiger partial charge in [0.1, 0.15) is 25.7 Å². The number of amides is 4. The van der Waals surface area contributed by atoms with E-state index in [0.29, 0.717) is 31.2 Å². The third-order valence-electron chi connectivity index (χ3n) is 5.56. The number of allylic oxidation sites excluding steroid dienone is 2. The van der Waals surface area contributed by atoms with Crippen molar-refractivity contribution < 1.29 is 28.7 Å². The van der Waals surface area contributed by atoms with Gasteiger partial charge in [0.2, 0.25) is 17.7 Å². The fraction of sp³-hybridized carbons (Fsp3) is 0.480. The Morgan fingerprint density at radius 2 is 1.86 bits per heavy atom. The summed E-state index contributed by atoms with van der Waals surface area (Å²) in [6, 6.07) is 8.13. The van der Waals surface area contributed by atoms with E-state index in [1.807, 2.05) is 37.3 Å². The molecule has 1 aromatic carbocycles. The van der Waals surface area contributed by atoms with Crippen molar-refractivity contribution >= 4 is 30.1 Å². The highest BCUT2D eigenvalue weighted by molar-refractivity contribution is 5.94. The second-order valence-electron chi connectivity index (χ2n) is 8.71. The molecular weight excluding hydrogens is 452 g/mol. The number of hydrogen-bond acceptors (Lipinski definition) is 6. The summed E-state index contributed by atoms with van der Waals surface area (Å²) >= 11 is 0. The van der Waals surface area contributed by atoms with Gasteiger partial charge in [0.15, 0.2) is 6.29 Å². The van der Waals surface area contributed by atoms with Crippen molar-refractivity contribution in [3.8, 4) is 0 Å². The summed E-state index contributed by atoms with van der Waals surface area (Å²) in [7, 11) is 0. The molecule has 1 heterocycles. The molecule has 190 valence electrons. The maximum absolute atomic E-state index is 12.8. The SMILES string of the molecule is CCCN(CC(=O)N[C@H]1CC(C)N(CC(=O)NC(C=O)=C(C)C)C1=O)C(=O)OCc1ccccc1. The quantitative estimate of drug-likeness (QED) is 0.363. The molecular formula is C25H34N4O6. The Balaban J connectivity index is 1.91. The second-order valence-corrected chi connectivity index (χ2v) is 8.71. The van der Waals surface area contributed by atoms with Gasteiger partial charge >= 0.3 is 6.09 Å². The number of carbonyl (C=O) groups excluding carboxylic acids is 5. The lowest BCUT2D eigenvalue weighted by Crippen LogP contribution is -2.48. The molecule has 0 radical (unpaired) electrons. The summed E-state index contributed by atoms with van der Waals surface area (Å²) in [5, 5.41) is 5.17. The number of nitrogens with zero attached hydrogens (tertiary/aromatic N) is 2. The summed E-state index contributed by atoms with van der Waals surface area (Å²) in [5.41, 5.74) is 1.65. The van der Waals surface area contributed by atoms with Crippen molar-refractivity contribution in [2.24, 2.45) is 0 Å². The highest BCUT2D eigenvalue weighted by atomic mass is 16.6. The third-order valence-corrected chi connectivity index (χ3v) is 5.56. The van der Waals surface area contributed by atoms with Gasteiger partial charge in [0.05, 0.1) is 5.70 Å². The van der Waals surface area contributed by atoms with Gasteiger partial charge in [-0.3, -0.25) is 24.1 Å². The van der Waals surface area contributed by atoms with E-state index in [2.05, 4.69) is 10.6 Å². The van der Waals surface area contributed by atoms with Gasteiger partial charge in [-0.25, -0.2) is 4.79 Å². The lowest BCUT2D eigenvalue weighted by Gasteiger charge is -2.22. The van der Waals surface area contributed by atoms with Crippen molar-refractivity contribution in [2.75, 3.05) is 19.6 Å². The first-order valence-electron chi connectivity index (χ1n) is 11.6. The average Bonchev–Trinajstić information content (AvgIpc) is 3.08. The highest BCUT2D eigenvalue weighted by Crippen LogP contribution is 2.19. The Bertz CT molecular complexity index is 958.